The van der Waals surface area contributed by atoms with Crippen LogP contribution < -0.4 is 10.1 Å². The lowest BCUT2D eigenvalue weighted by molar-refractivity contribution is -0.121. The van der Waals surface area contributed by atoms with Crippen molar-refractivity contribution < 1.29 is 9.53 Å². The molecule has 3 rings (SSSR count). The summed E-state index contributed by atoms with van der Waals surface area (Å²) in [5, 5.41) is 3.52. The van der Waals surface area contributed by atoms with E-state index in [1.165, 1.54) is 11.8 Å². The van der Waals surface area contributed by atoms with Gasteiger partial charge in [-0.2, -0.15) is 0 Å². The van der Waals surface area contributed by atoms with E-state index >= 15 is 0 Å². The second-order valence-corrected chi connectivity index (χ2v) is 7.08. The first-order chi connectivity index (χ1) is 11.5. The van der Waals surface area contributed by atoms with Crippen LogP contribution in [0.3, 0.4) is 0 Å². The topological polar surface area (TPSA) is 63.6 Å². The highest BCUT2D eigenvalue weighted by atomic mass is 32.2. The van der Waals surface area contributed by atoms with Gasteiger partial charge in [-0.15, -0.1) is 0 Å². The van der Waals surface area contributed by atoms with Crippen LogP contribution in [0.25, 0.3) is 0 Å². The minimum absolute atomic E-state index is 0.0651. The normalized spacial score (nSPS) is 23.1. The maximum atomic E-state index is 12.5. The van der Waals surface area contributed by atoms with Crippen LogP contribution in [-0.4, -0.2) is 23.2 Å². The molecule has 0 radical (unpaired) electrons. The largest absolute Gasteiger partial charge is 0.496 e. The fourth-order valence-corrected chi connectivity index (χ4v) is 3.80. The molecule has 2 heterocycles. The number of hydrogen-bond donors (Lipinski definition) is 1. The molecule has 124 valence electrons. The average Bonchev–Trinajstić information content (AvgIpc) is 2.90. The van der Waals surface area contributed by atoms with Gasteiger partial charge in [0, 0.05) is 18.0 Å². The molecule has 1 N–H and O–H groups in total. The molecule has 1 unspecified atom stereocenters. The second-order valence-electron chi connectivity index (χ2n) is 5.68. The zero-order valence-corrected chi connectivity index (χ0v) is 14.6. The Balaban J connectivity index is 1.86. The molecule has 1 saturated heterocycles. The number of amidine groups is 1. The summed E-state index contributed by atoms with van der Waals surface area (Å²) in [6.45, 7) is 3.89. The zero-order chi connectivity index (χ0) is 17.2. The van der Waals surface area contributed by atoms with Crippen molar-refractivity contribution in [2.24, 2.45) is 4.99 Å². The molecule has 1 aromatic carbocycles. The van der Waals surface area contributed by atoms with Gasteiger partial charge >= 0.3 is 0 Å². The Labute approximate surface area is 145 Å². The summed E-state index contributed by atoms with van der Waals surface area (Å²) in [6.07, 6.45) is 3.39. The van der Waals surface area contributed by atoms with E-state index in [4.69, 9.17) is 4.74 Å². The smallest absolute Gasteiger partial charge is 0.246 e. The highest BCUT2D eigenvalue weighted by Crippen LogP contribution is 2.41. The summed E-state index contributed by atoms with van der Waals surface area (Å²) in [4.78, 5) is 21.2. The van der Waals surface area contributed by atoms with E-state index in [2.05, 4.69) is 15.3 Å². The van der Waals surface area contributed by atoms with Gasteiger partial charge in [-0.25, -0.2) is 0 Å². The van der Waals surface area contributed by atoms with Crippen LogP contribution in [0.1, 0.15) is 31.0 Å². The fourth-order valence-electron chi connectivity index (χ4n) is 2.66. The van der Waals surface area contributed by atoms with E-state index < -0.39 is 4.75 Å². The molecule has 2 aromatic rings. The summed E-state index contributed by atoms with van der Waals surface area (Å²) in [5.41, 5.74) is 1.90. The van der Waals surface area contributed by atoms with Crippen LogP contribution in [0.15, 0.2) is 53.8 Å². The van der Waals surface area contributed by atoms with Crippen molar-refractivity contribution in [2.45, 2.75) is 24.6 Å². The van der Waals surface area contributed by atoms with Crippen LogP contribution in [0.5, 0.6) is 5.75 Å². The van der Waals surface area contributed by atoms with Crippen molar-refractivity contribution in [3.8, 4) is 5.75 Å². The second kappa shape index (κ2) is 6.65. The number of para-hydroxylation sites is 1. The van der Waals surface area contributed by atoms with Gasteiger partial charge in [-0.1, -0.05) is 30.0 Å². The molecular formula is C18H19N3O2S. The maximum Gasteiger partial charge on any atom is 0.246 e. The number of aromatic nitrogens is 1. The number of benzene rings is 1. The van der Waals surface area contributed by atoms with Gasteiger partial charge in [0.05, 0.1) is 13.2 Å². The fraction of sp³-hybridized carbons (Fsp3) is 0.278. The molecule has 0 saturated carbocycles. The Morgan fingerprint density at radius 3 is 2.67 bits per heavy atom. The maximum absolute atomic E-state index is 12.5. The number of carbonyl (C=O) groups is 1. The summed E-state index contributed by atoms with van der Waals surface area (Å²) < 4.78 is 4.70. The van der Waals surface area contributed by atoms with Crippen LogP contribution in [0, 0.1) is 0 Å². The van der Waals surface area contributed by atoms with E-state index in [1.807, 2.05) is 50.2 Å². The first kappa shape index (κ1) is 16.5. The van der Waals surface area contributed by atoms with Gasteiger partial charge in [-0.3, -0.25) is 14.8 Å². The molecule has 0 spiro atoms. The molecule has 1 fully saturated rings. The van der Waals surface area contributed by atoms with Gasteiger partial charge < -0.3 is 10.1 Å². The van der Waals surface area contributed by atoms with Gasteiger partial charge in [0.1, 0.15) is 10.5 Å². The van der Waals surface area contributed by atoms with Crippen molar-refractivity contribution in [1.82, 2.24) is 10.3 Å². The van der Waals surface area contributed by atoms with Crippen LogP contribution in [0.4, 0.5) is 0 Å². The van der Waals surface area contributed by atoms with E-state index in [-0.39, 0.29) is 11.9 Å². The lowest BCUT2D eigenvalue weighted by Gasteiger charge is -2.18. The number of nitrogens with zero attached hydrogens (tertiary/aromatic N) is 2. The lowest BCUT2D eigenvalue weighted by Crippen LogP contribution is -2.31. The van der Waals surface area contributed by atoms with Crippen molar-refractivity contribution in [1.29, 1.82) is 0 Å². The van der Waals surface area contributed by atoms with Crippen LogP contribution in [-0.2, 0) is 9.54 Å². The van der Waals surface area contributed by atoms with E-state index in [1.54, 1.807) is 19.5 Å². The molecule has 1 aliphatic rings. The molecule has 6 heteroatoms. The van der Waals surface area contributed by atoms with Gasteiger partial charge in [-0.05, 0) is 37.6 Å². The molecule has 2 atom stereocenters. The number of amides is 1. The SMILES string of the molecule is COc1ccccc1[C@@H](C)N=C1NC(=O)C(C)(c2ccncc2)S1. The number of hydrogen-bond acceptors (Lipinski definition) is 5. The molecule has 0 bridgehead atoms. The Bertz CT molecular complexity index is 779. The number of carbonyl (C=O) groups excluding carboxylic acids is 1. The van der Waals surface area contributed by atoms with Crippen molar-refractivity contribution in [2.75, 3.05) is 7.11 Å². The number of ether oxygens (including phenoxy) is 1. The van der Waals surface area contributed by atoms with E-state index in [0.29, 0.717) is 5.17 Å². The van der Waals surface area contributed by atoms with Crippen LogP contribution >= 0.6 is 11.8 Å². The first-order valence-corrected chi connectivity index (χ1v) is 8.48. The van der Waals surface area contributed by atoms with Gasteiger partial charge in [0.2, 0.25) is 5.91 Å². The van der Waals surface area contributed by atoms with Crippen molar-refractivity contribution >= 4 is 22.8 Å². The number of pyridine rings is 1. The minimum atomic E-state index is -0.692. The molecule has 24 heavy (non-hydrogen) atoms. The van der Waals surface area contributed by atoms with Crippen molar-refractivity contribution in [3.63, 3.8) is 0 Å². The molecule has 5 nitrogen and oxygen atoms in total. The minimum Gasteiger partial charge on any atom is -0.496 e. The molecular weight excluding hydrogens is 322 g/mol. The highest BCUT2D eigenvalue weighted by molar-refractivity contribution is 8.15. The molecule has 1 aliphatic heterocycles. The quantitative estimate of drug-likeness (QED) is 0.927. The van der Waals surface area contributed by atoms with Gasteiger partial charge in [0.15, 0.2) is 5.17 Å². The third-order valence-electron chi connectivity index (χ3n) is 4.09. The number of thioether (sulfide) groups is 1. The summed E-state index contributed by atoms with van der Waals surface area (Å²) in [6, 6.07) is 11.4. The van der Waals surface area contributed by atoms with Crippen molar-refractivity contribution in [3.05, 3.63) is 59.9 Å². The Morgan fingerprint density at radius 2 is 1.96 bits per heavy atom. The monoisotopic (exact) mass is 341 g/mol. The third-order valence-corrected chi connectivity index (χ3v) is 5.32. The number of rotatable bonds is 4. The molecule has 1 amide bonds. The third kappa shape index (κ3) is 3.01. The average molecular weight is 341 g/mol. The Kier molecular flexibility index (Phi) is 4.57. The number of nitrogens with one attached hydrogen (secondary N) is 1. The number of methoxy groups -OCH3 is 1. The van der Waals surface area contributed by atoms with Crippen LogP contribution in [0.2, 0.25) is 0 Å². The predicted molar refractivity (Wildman–Crippen MR) is 96.2 cm³/mol. The highest BCUT2D eigenvalue weighted by Gasteiger charge is 2.44. The zero-order valence-electron chi connectivity index (χ0n) is 13.8. The summed E-state index contributed by atoms with van der Waals surface area (Å²) in [7, 11) is 1.64. The van der Waals surface area contributed by atoms with Gasteiger partial charge in [0.25, 0.3) is 0 Å². The lowest BCUT2D eigenvalue weighted by atomic mass is 10.0. The standard InChI is InChI=1S/C18H19N3O2S/c1-12(14-6-4-5-7-15(14)23-3)20-17-21-16(22)18(2,24-17)13-8-10-19-11-9-13/h4-12H,1-3H3,(H,20,21,22)/t12-,18?/m1/s1. The Morgan fingerprint density at radius 1 is 1.25 bits per heavy atom. The Hall–Kier alpha value is -2.34. The molecule has 0 aliphatic carbocycles. The summed E-state index contributed by atoms with van der Waals surface area (Å²) >= 11 is 1.43. The van der Waals surface area contributed by atoms with E-state index in [9.17, 15) is 4.79 Å². The number of aliphatic imine (C=N–C) groups is 1. The van der Waals surface area contributed by atoms with E-state index in [0.717, 1.165) is 16.9 Å². The molecule has 1 aromatic heterocycles. The summed E-state index contributed by atoms with van der Waals surface area (Å²) in [5.74, 6) is 0.727. The first-order valence-electron chi connectivity index (χ1n) is 7.66. The predicted octanol–water partition coefficient (Wildman–Crippen LogP) is 3.29.